The van der Waals surface area contributed by atoms with Crippen LogP contribution >= 0.6 is 0 Å². The molecule has 1 aliphatic rings. The van der Waals surface area contributed by atoms with Crippen molar-refractivity contribution in [3.05, 3.63) is 58.3 Å². The monoisotopic (exact) mass is 381 g/mol. The van der Waals surface area contributed by atoms with Gasteiger partial charge < -0.3 is 19.3 Å². The normalized spacial score (nSPS) is 15.2. The van der Waals surface area contributed by atoms with Gasteiger partial charge in [0.05, 0.1) is 6.54 Å². The first-order valence-corrected chi connectivity index (χ1v) is 8.44. The Morgan fingerprint density at radius 3 is 2.71 bits per heavy atom. The molecule has 0 aliphatic carbocycles. The Morgan fingerprint density at radius 1 is 1.25 bits per heavy atom. The predicted molar refractivity (Wildman–Crippen MR) is 98.5 cm³/mol. The second kappa shape index (κ2) is 6.15. The summed E-state index contributed by atoms with van der Waals surface area (Å²) < 4.78 is 11.2. The van der Waals surface area contributed by atoms with E-state index in [-0.39, 0.29) is 23.9 Å². The molecule has 0 bridgehead atoms. The van der Waals surface area contributed by atoms with Crippen molar-refractivity contribution in [3.8, 4) is 5.75 Å². The van der Waals surface area contributed by atoms with Crippen molar-refractivity contribution in [1.82, 2.24) is 4.98 Å². The maximum atomic E-state index is 12.8. The number of ketones is 1. The van der Waals surface area contributed by atoms with Crippen molar-refractivity contribution < 1.29 is 23.7 Å². The predicted octanol–water partition coefficient (Wildman–Crippen LogP) is 3.12. The van der Waals surface area contributed by atoms with Gasteiger partial charge >= 0.3 is 5.82 Å². The molecule has 3 aromatic rings. The fraction of sp³-hybridized carbons (Fsp3) is 0.211. The number of ether oxygens (including phenoxy) is 1. The van der Waals surface area contributed by atoms with Crippen LogP contribution in [-0.2, 0) is 4.79 Å². The van der Waals surface area contributed by atoms with Gasteiger partial charge in [-0.05, 0) is 42.0 Å². The van der Waals surface area contributed by atoms with Crippen molar-refractivity contribution >= 4 is 34.3 Å². The highest BCUT2D eigenvalue weighted by Gasteiger charge is 2.45. The number of nitrogens with zero attached hydrogens (tertiary/aromatic N) is 3. The lowest BCUT2D eigenvalue weighted by molar-refractivity contribution is -0.389. The molecule has 4 rings (SSSR count). The number of nitro groups is 1. The molecule has 9 nitrogen and oxygen atoms in total. The number of carbonyl (C=O) groups is 2. The number of Topliss-reactive ketones (excluding diaryl/α,β-unsaturated/α-hetero) is 1. The molecule has 0 radical (unpaired) electrons. The first-order valence-electron chi connectivity index (χ1n) is 8.44. The van der Waals surface area contributed by atoms with Crippen molar-refractivity contribution in [2.45, 2.75) is 19.4 Å². The van der Waals surface area contributed by atoms with Crippen molar-refractivity contribution in [2.75, 3.05) is 11.4 Å². The maximum Gasteiger partial charge on any atom is 0.366 e. The number of rotatable bonds is 4. The van der Waals surface area contributed by atoms with Gasteiger partial charge in [-0.2, -0.15) is 0 Å². The number of benzene rings is 1. The van der Waals surface area contributed by atoms with Crippen LogP contribution < -0.4 is 9.64 Å². The van der Waals surface area contributed by atoms with Gasteiger partial charge in [0, 0.05) is 11.5 Å². The zero-order valence-corrected chi connectivity index (χ0v) is 15.0. The largest absolute Gasteiger partial charge is 0.472 e. The zero-order valence-electron chi connectivity index (χ0n) is 15.0. The molecular formula is C19H15N3O6. The third kappa shape index (κ3) is 2.86. The van der Waals surface area contributed by atoms with Crippen LogP contribution in [0.25, 0.3) is 11.0 Å². The van der Waals surface area contributed by atoms with Crippen LogP contribution in [0.4, 0.5) is 11.6 Å². The number of amides is 1. The fourth-order valence-corrected chi connectivity index (χ4v) is 3.03. The van der Waals surface area contributed by atoms with Gasteiger partial charge in [-0.25, -0.2) is 0 Å². The van der Waals surface area contributed by atoms with E-state index in [1.165, 1.54) is 12.1 Å². The minimum atomic E-state index is -1.25. The maximum absolute atomic E-state index is 12.8. The molecule has 3 heterocycles. The molecule has 0 saturated heterocycles. The number of aromatic nitrogens is 1. The Balaban J connectivity index is 1.73. The molecule has 28 heavy (non-hydrogen) atoms. The van der Waals surface area contributed by atoms with E-state index in [0.29, 0.717) is 5.58 Å². The summed E-state index contributed by atoms with van der Waals surface area (Å²) >= 11 is 0. The summed E-state index contributed by atoms with van der Waals surface area (Å²) in [4.78, 5) is 41.0. The third-order valence-corrected chi connectivity index (χ3v) is 4.39. The van der Waals surface area contributed by atoms with Crippen LogP contribution in [-0.4, -0.2) is 33.7 Å². The topological polar surface area (TPSA) is 116 Å². The molecule has 2 aromatic heterocycles. The number of fused-ring (bicyclic) bond motifs is 2. The number of hydrogen-bond donors (Lipinski definition) is 0. The quantitative estimate of drug-likeness (QED) is 0.387. The second-order valence-electron chi connectivity index (χ2n) is 6.82. The molecule has 0 atom stereocenters. The lowest BCUT2D eigenvalue weighted by atomic mass is 10.0. The van der Waals surface area contributed by atoms with Gasteiger partial charge in [0.2, 0.25) is 5.78 Å². The highest BCUT2D eigenvalue weighted by molar-refractivity contribution is 6.09. The Labute approximate surface area is 158 Å². The number of anilines is 1. The van der Waals surface area contributed by atoms with Crippen LogP contribution in [0.1, 0.15) is 24.4 Å². The molecule has 1 aliphatic heterocycles. The third-order valence-electron chi connectivity index (χ3n) is 4.39. The van der Waals surface area contributed by atoms with Gasteiger partial charge in [-0.15, -0.1) is 0 Å². The van der Waals surface area contributed by atoms with E-state index in [4.69, 9.17) is 9.15 Å². The SMILES string of the molecule is CC1(C)Oc2ccc([N+](=O)[O-])nc2N(CC(=O)c2cc3ccccc3o2)C1=O. The lowest BCUT2D eigenvalue weighted by Gasteiger charge is -2.35. The number of carbonyl (C=O) groups excluding carboxylic acids is 2. The highest BCUT2D eigenvalue weighted by atomic mass is 16.6. The first kappa shape index (κ1) is 17.7. The summed E-state index contributed by atoms with van der Waals surface area (Å²) in [6, 6.07) is 11.3. The van der Waals surface area contributed by atoms with Crippen molar-refractivity contribution in [2.24, 2.45) is 0 Å². The molecule has 0 N–H and O–H groups in total. The number of furan rings is 1. The Kier molecular flexibility index (Phi) is 3.88. The molecule has 0 fully saturated rings. The Hall–Kier alpha value is -3.75. The van der Waals surface area contributed by atoms with Crippen LogP contribution in [0.2, 0.25) is 0 Å². The molecule has 0 unspecified atom stereocenters. The standard InChI is InChI=1S/C19H15N3O6/c1-19(2)18(24)21(17-14(28-19)7-8-16(20-17)22(25)26)10-12(23)15-9-11-5-3-4-6-13(11)27-15/h3-9H,10H2,1-2H3. The van der Waals surface area contributed by atoms with Gasteiger partial charge in [-0.3, -0.25) is 14.5 Å². The van der Waals surface area contributed by atoms with Crippen molar-refractivity contribution in [1.29, 1.82) is 0 Å². The smallest absolute Gasteiger partial charge is 0.366 e. The van der Waals surface area contributed by atoms with Gasteiger partial charge in [0.1, 0.15) is 5.58 Å². The average Bonchev–Trinajstić information content (AvgIpc) is 3.09. The number of pyridine rings is 1. The van der Waals surface area contributed by atoms with E-state index in [2.05, 4.69) is 4.98 Å². The Morgan fingerprint density at radius 2 is 2.00 bits per heavy atom. The van der Waals surface area contributed by atoms with Crippen LogP contribution in [0.5, 0.6) is 5.75 Å². The lowest BCUT2D eigenvalue weighted by Crippen LogP contribution is -2.54. The highest BCUT2D eigenvalue weighted by Crippen LogP contribution is 2.37. The minimum Gasteiger partial charge on any atom is -0.472 e. The molecule has 0 saturated carbocycles. The van der Waals surface area contributed by atoms with Gasteiger partial charge in [0.25, 0.3) is 11.7 Å². The molecular weight excluding hydrogens is 366 g/mol. The van der Waals surface area contributed by atoms with Crippen LogP contribution in [0.3, 0.4) is 0 Å². The van der Waals surface area contributed by atoms with Crippen LogP contribution in [0, 0.1) is 10.1 Å². The number of para-hydroxylation sites is 1. The van der Waals surface area contributed by atoms with Crippen molar-refractivity contribution in [3.63, 3.8) is 0 Å². The zero-order chi connectivity index (χ0) is 20.1. The van der Waals surface area contributed by atoms with E-state index < -0.39 is 28.0 Å². The molecule has 142 valence electrons. The molecule has 9 heteroatoms. The summed E-state index contributed by atoms with van der Waals surface area (Å²) in [5.41, 5.74) is -0.701. The second-order valence-corrected chi connectivity index (χ2v) is 6.82. The van der Waals surface area contributed by atoms with Crippen LogP contribution in [0.15, 0.2) is 46.9 Å². The summed E-state index contributed by atoms with van der Waals surface area (Å²) in [6.45, 7) is 2.73. The van der Waals surface area contributed by atoms with Gasteiger partial charge in [0.15, 0.2) is 17.1 Å². The fourth-order valence-electron chi connectivity index (χ4n) is 3.03. The summed E-state index contributed by atoms with van der Waals surface area (Å²) in [5, 5.41) is 11.8. The van der Waals surface area contributed by atoms with Gasteiger partial charge in [-0.1, -0.05) is 18.2 Å². The first-order chi connectivity index (χ1) is 13.3. The average molecular weight is 381 g/mol. The molecule has 0 spiro atoms. The summed E-state index contributed by atoms with van der Waals surface area (Å²) in [5.74, 6) is -1.23. The van der Waals surface area contributed by atoms with E-state index in [9.17, 15) is 19.7 Å². The minimum absolute atomic E-state index is 0.0667. The number of hydrogen-bond acceptors (Lipinski definition) is 7. The van der Waals surface area contributed by atoms with E-state index in [0.717, 1.165) is 10.3 Å². The Bertz CT molecular complexity index is 1100. The van der Waals surface area contributed by atoms with E-state index in [1.54, 1.807) is 38.1 Å². The van der Waals surface area contributed by atoms with E-state index >= 15 is 0 Å². The van der Waals surface area contributed by atoms with E-state index in [1.807, 2.05) is 6.07 Å². The molecule has 1 amide bonds. The summed E-state index contributed by atoms with van der Waals surface area (Å²) in [6.07, 6.45) is 0. The summed E-state index contributed by atoms with van der Waals surface area (Å²) in [7, 11) is 0. The molecule has 1 aromatic carbocycles.